The third-order valence-electron chi connectivity index (χ3n) is 1.77. The van der Waals surface area contributed by atoms with Crippen molar-refractivity contribution in [2.24, 2.45) is 0 Å². The van der Waals surface area contributed by atoms with Gasteiger partial charge in [0.25, 0.3) is 0 Å². The van der Waals surface area contributed by atoms with E-state index in [9.17, 15) is 4.79 Å². The molecule has 0 heterocycles. The second kappa shape index (κ2) is 5.86. The molecule has 1 amide bonds. The third kappa shape index (κ3) is 3.85. The summed E-state index contributed by atoms with van der Waals surface area (Å²) >= 11 is 0. The maximum absolute atomic E-state index is 10.9. The van der Waals surface area contributed by atoms with Crippen molar-refractivity contribution in [3.63, 3.8) is 0 Å². The lowest BCUT2D eigenvalue weighted by Gasteiger charge is -2.09. The Hall–Kier alpha value is -1.77. The van der Waals surface area contributed by atoms with Crippen LogP contribution in [0, 0.1) is 0 Å². The first kappa shape index (κ1) is 11.3. The number of ether oxygens (including phenoxy) is 1. The van der Waals surface area contributed by atoms with Crippen LogP contribution in [0.1, 0.15) is 13.8 Å². The molecule has 0 aromatic heterocycles. The molecule has 3 heteroatoms. The number of carbonyl (C=O) groups is 1. The molecule has 0 bridgehead atoms. The SMILES string of the molecule is CC=CCOc1ccccc1NC(C)=O. The summed E-state index contributed by atoms with van der Waals surface area (Å²) in [6, 6.07) is 7.37. The predicted octanol–water partition coefficient (Wildman–Crippen LogP) is 2.60. The normalized spacial score (nSPS) is 10.3. The minimum absolute atomic E-state index is 0.0999. The Bertz CT molecular complexity index is 358. The Kier molecular flexibility index (Phi) is 4.41. The summed E-state index contributed by atoms with van der Waals surface area (Å²) in [5, 5.41) is 2.71. The number of nitrogens with one attached hydrogen (secondary N) is 1. The number of allylic oxidation sites excluding steroid dienone is 1. The third-order valence-corrected chi connectivity index (χ3v) is 1.77. The minimum atomic E-state index is -0.0999. The molecule has 0 aliphatic heterocycles. The summed E-state index contributed by atoms with van der Waals surface area (Å²) in [5.41, 5.74) is 0.703. The van der Waals surface area contributed by atoms with Gasteiger partial charge in [0.2, 0.25) is 5.91 Å². The molecule has 0 unspecified atom stereocenters. The monoisotopic (exact) mass is 205 g/mol. The Balaban J connectivity index is 2.72. The minimum Gasteiger partial charge on any atom is -0.487 e. The number of amides is 1. The van der Waals surface area contributed by atoms with Crippen LogP contribution in [0.15, 0.2) is 36.4 Å². The number of anilines is 1. The second-order valence-electron chi connectivity index (χ2n) is 3.06. The summed E-state index contributed by atoms with van der Waals surface area (Å²) in [4.78, 5) is 10.9. The molecule has 0 radical (unpaired) electrons. The van der Waals surface area contributed by atoms with E-state index in [2.05, 4.69) is 5.32 Å². The first-order valence-electron chi connectivity index (χ1n) is 4.84. The fourth-order valence-corrected chi connectivity index (χ4v) is 1.12. The average molecular weight is 205 g/mol. The zero-order chi connectivity index (χ0) is 11.1. The zero-order valence-electron chi connectivity index (χ0n) is 8.99. The number of hydrogen-bond donors (Lipinski definition) is 1. The molecular weight excluding hydrogens is 190 g/mol. The van der Waals surface area contributed by atoms with Crippen LogP contribution in [0.25, 0.3) is 0 Å². The molecule has 1 aromatic rings. The molecule has 1 rings (SSSR count). The van der Waals surface area contributed by atoms with Gasteiger partial charge in [0, 0.05) is 6.92 Å². The maximum atomic E-state index is 10.9. The highest BCUT2D eigenvalue weighted by Crippen LogP contribution is 2.23. The van der Waals surface area contributed by atoms with Gasteiger partial charge in [0.15, 0.2) is 0 Å². The van der Waals surface area contributed by atoms with Crippen LogP contribution in [-0.4, -0.2) is 12.5 Å². The first-order valence-corrected chi connectivity index (χ1v) is 4.84. The standard InChI is InChI=1S/C12H15NO2/c1-3-4-9-15-12-8-6-5-7-11(12)13-10(2)14/h3-8H,9H2,1-2H3,(H,13,14). The molecule has 3 nitrogen and oxygen atoms in total. The highest BCUT2D eigenvalue weighted by Gasteiger charge is 2.02. The maximum Gasteiger partial charge on any atom is 0.221 e. The predicted molar refractivity (Wildman–Crippen MR) is 61.1 cm³/mol. The topological polar surface area (TPSA) is 38.3 Å². The first-order chi connectivity index (χ1) is 7.24. The van der Waals surface area contributed by atoms with Crippen LogP contribution in [0.2, 0.25) is 0 Å². The van der Waals surface area contributed by atoms with Gasteiger partial charge in [-0.2, -0.15) is 0 Å². The molecule has 0 saturated carbocycles. The lowest BCUT2D eigenvalue weighted by molar-refractivity contribution is -0.114. The molecule has 0 spiro atoms. The molecule has 1 aromatic carbocycles. The molecule has 0 aliphatic carbocycles. The number of rotatable bonds is 4. The largest absolute Gasteiger partial charge is 0.487 e. The summed E-state index contributed by atoms with van der Waals surface area (Å²) in [7, 11) is 0. The summed E-state index contributed by atoms with van der Waals surface area (Å²) in [6.07, 6.45) is 3.82. The van der Waals surface area contributed by atoms with E-state index < -0.39 is 0 Å². The Morgan fingerprint density at radius 1 is 1.47 bits per heavy atom. The molecular formula is C12H15NO2. The van der Waals surface area contributed by atoms with Gasteiger partial charge in [-0.25, -0.2) is 0 Å². The van der Waals surface area contributed by atoms with Gasteiger partial charge in [0.1, 0.15) is 12.4 Å². The molecule has 0 saturated heterocycles. The lowest BCUT2D eigenvalue weighted by Crippen LogP contribution is -2.07. The van der Waals surface area contributed by atoms with Crippen molar-refractivity contribution in [1.29, 1.82) is 0 Å². The second-order valence-corrected chi connectivity index (χ2v) is 3.06. The van der Waals surface area contributed by atoms with Crippen LogP contribution in [0.4, 0.5) is 5.69 Å². The number of carbonyl (C=O) groups excluding carboxylic acids is 1. The van der Waals surface area contributed by atoms with Crippen LogP contribution < -0.4 is 10.1 Å². The van der Waals surface area contributed by atoms with E-state index in [1.165, 1.54) is 6.92 Å². The molecule has 0 fully saturated rings. The van der Waals surface area contributed by atoms with Gasteiger partial charge >= 0.3 is 0 Å². The van der Waals surface area contributed by atoms with Crippen molar-refractivity contribution in [3.05, 3.63) is 36.4 Å². The van der Waals surface area contributed by atoms with Crippen molar-refractivity contribution >= 4 is 11.6 Å². The molecule has 0 atom stereocenters. The van der Waals surface area contributed by atoms with E-state index >= 15 is 0 Å². The molecule has 15 heavy (non-hydrogen) atoms. The van der Waals surface area contributed by atoms with Crippen molar-refractivity contribution in [2.75, 3.05) is 11.9 Å². The van der Waals surface area contributed by atoms with Crippen LogP contribution >= 0.6 is 0 Å². The zero-order valence-corrected chi connectivity index (χ0v) is 8.99. The highest BCUT2D eigenvalue weighted by atomic mass is 16.5. The molecule has 0 aliphatic rings. The molecule has 1 N–H and O–H groups in total. The van der Waals surface area contributed by atoms with Gasteiger partial charge in [0.05, 0.1) is 5.69 Å². The quantitative estimate of drug-likeness (QED) is 0.767. The van der Waals surface area contributed by atoms with E-state index in [4.69, 9.17) is 4.74 Å². The van der Waals surface area contributed by atoms with E-state index in [-0.39, 0.29) is 5.91 Å². The van der Waals surface area contributed by atoms with E-state index in [0.29, 0.717) is 18.0 Å². The van der Waals surface area contributed by atoms with E-state index in [1.807, 2.05) is 43.3 Å². The van der Waals surface area contributed by atoms with Crippen molar-refractivity contribution < 1.29 is 9.53 Å². The Morgan fingerprint density at radius 3 is 2.87 bits per heavy atom. The number of para-hydroxylation sites is 2. The average Bonchev–Trinajstić information content (AvgIpc) is 2.20. The fraction of sp³-hybridized carbons (Fsp3) is 0.250. The van der Waals surface area contributed by atoms with E-state index in [0.717, 1.165) is 0 Å². The van der Waals surface area contributed by atoms with Gasteiger partial charge < -0.3 is 10.1 Å². The van der Waals surface area contributed by atoms with Gasteiger partial charge in [-0.05, 0) is 19.1 Å². The van der Waals surface area contributed by atoms with Crippen LogP contribution in [0.5, 0.6) is 5.75 Å². The summed E-state index contributed by atoms with van der Waals surface area (Å²) < 4.78 is 5.48. The van der Waals surface area contributed by atoms with Crippen molar-refractivity contribution in [2.45, 2.75) is 13.8 Å². The Morgan fingerprint density at radius 2 is 2.20 bits per heavy atom. The van der Waals surface area contributed by atoms with Crippen molar-refractivity contribution in [1.82, 2.24) is 0 Å². The van der Waals surface area contributed by atoms with Crippen LogP contribution in [-0.2, 0) is 4.79 Å². The van der Waals surface area contributed by atoms with Gasteiger partial charge in [-0.15, -0.1) is 0 Å². The Labute approximate surface area is 89.8 Å². The highest BCUT2D eigenvalue weighted by molar-refractivity contribution is 5.90. The summed E-state index contributed by atoms with van der Waals surface area (Å²) in [5.74, 6) is 0.586. The van der Waals surface area contributed by atoms with Crippen LogP contribution in [0.3, 0.4) is 0 Å². The number of hydrogen-bond acceptors (Lipinski definition) is 2. The van der Waals surface area contributed by atoms with Gasteiger partial charge in [-0.1, -0.05) is 24.3 Å². The fourth-order valence-electron chi connectivity index (χ4n) is 1.12. The van der Waals surface area contributed by atoms with Gasteiger partial charge in [-0.3, -0.25) is 4.79 Å². The smallest absolute Gasteiger partial charge is 0.221 e. The molecule has 80 valence electrons. The van der Waals surface area contributed by atoms with Crippen molar-refractivity contribution in [3.8, 4) is 5.75 Å². The van der Waals surface area contributed by atoms with E-state index in [1.54, 1.807) is 0 Å². The lowest BCUT2D eigenvalue weighted by atomic mass is 10.3. The summed E-state index contributed by atoms with van der Waals surface area (Å²) in [6.45, 7) is 3.92. The number of benzene rings is 1.